The van der Waals surface area contributed by atoms with Gasteiger partial charge in [-0.15, -0.1) is 0 Å². The summed E-state index contributed by atoms with van der Waals surface area (Å²) in [5, 5.41) is 13.2. The average Bonchev–Trinajstić information content (AvgIpc) is 3.01. The van der Waals surface area contributed by atoms with Gasteiger partial charge in [-0.05, 0) is 25.7 Å². The molecular formula is C14H18F3N3O3. The fourth-order valence-electron chi connectivity index (χ4n) is 2.61. The standard InChI is InChI=1S/C14H18F3N3O3/c1-2-20-8-10(7-18-20)11(21)13(23)19-5-3-9(4-6-19)12(22)14(15,16)17/h7-9,12,22H,2-6H2,1H3. The first-order valence-electron chi connectivity index (χ1n) is 7.35. The molecule has 9 heteroatoms. The van der Waals surface area contributed by atoms with Crippen molar-refractivity contribution in [1.29, 1.82) is 0 Å². The number of hydrogen-bond donors (Lipinski definition) is 1. The number of rotatable bonds is 4. The van der Waals surface area contributed by atoms with Crippen molar-refractivity contribution in [2.45, 2.75) is 38.6 Å². The van der Waals surface area contributed by atoms with E-state index in [9.17, 15) is 27.9 Å². The molecule has 1 amide bonds. The molecule has 0 aliphatic carbocycles. The molecule has 6 nitrogen and oxygen atoms in total. The van der Waals surface area contributed by atoms with Crippen molar-refractivity contribution in [3.8, 4) is 0 Å². The Morgan fingerprint density at radius 2 is 2.00 bits per heavy atom. The van der Waals surface area contributed by atoms with Gasteiger partial charge in [0.05, 0.1) is 11.8 Å². The largest absolute Gasteiger partial charge is 0.414 e. The van der Waals surface area contributed by atoms with Crippen LogP contribution in [0.3, 0.4) is 0 Å². The van der Waals surface area contributed by atoms with Crippen LogP contribution in [0.15, 0.2) is 12.4 Å². The maximum Gasteiger partial charge on any atom is 0.414 e. The third kappa shape index (κ3) is 3.90. The van der Waals surface area contributed by atoms with E-state index in [4.69, 9.17) is 0 Å². The Morgan fingerprint density at radius 3 is 2.48 bits per heavy atom. The number of aliphatic hydroxyl groups is 1. The van der Waals surface area contributed by atoms with E-state index in [1.54, 1.807) is 0 Å². The zero-order chi connectivity index (χ0) is 17.2. The number of aliphatic hydroxyl groups excluding tert-OH is 1. The summed E-state index contributed by atoms with van der Waals surface area (Å²) in [4.78, 5) is 25.4. The number of halogens is 3. The van der Waals surface area contributed by atoms with Crippen LogP contribution < -0.4 is 0 Å². The van der Waals surface area contributed by atoms with E-state index in [1.165, 1.54) is 22.0 Å². The topological polar surface area (TPSA) is 75.4 Å². The van der Waals surface area contributed by atoms with Crippen LogP contribution in [0, 0.1) is 5.92 Å². The van der Waals surface area contributed by atoms with Crippen molar-refractivity contribution in [2.24, 2.45) is 5.92 Å². The van der Waals surface area contributed by atoms with Gasteiger partial charge in [-0.2, -0.15) is 18.3 Å². The van der Waals surface area contributed by atoms with Crippen LogP contribution in [0.4, 0.5) is 13.2 Å². The van der Waals surface area contributed by atoms with Crippen molar-refractivity contribution in [1.82, 2.24) is 14.7 Å². The molecule has 0 saturated carbocycles. The summed E-state index contributed by atoms with van der Waals surface area (Å²) in [7, 11) is 0. The second-order valence-corrected chi connectivity index (χ2v) is 5.53. The number of amides is 1. The van der Waals surface area contributed by atoms with Gasteiger partial charge in [-0.3, -0.25) is 14.3 Å². The average molecular weight is 333 g/mol. The van der Waals surface area contributed by atoms with Crippen LogP contribution in [0.2, 0.25) is 0 Å². The van der Waals surface area contributed by atoms with E-state index in [1.807, 2.05) is 6.92 Å². The van der Waals surface area contributed by atoms with Crippen LogP contribution in [-0.4, -0.2) is 56.8 Å². The molecule has 1 fully saturated rings. The van der Waals surface area contributed by atoms with Crippen molar-refractivity contribution in [3.05, 3.63) is 18.0 Å². The number of aryl methyl sites for hydroxylation is 1. The van der Waals surface area contributed by atoms with Gasteiger partial charge in [0.25, 0.3) is 11.7 Å². The third-order valence-corrected chi connectivity index (χ3v) is 4.02. The Kier molecular flexibility index (Phi) is 5.08. The number of aromatic nitrogens is 2. The minimum atomic E-state index is -4.67. The van der Waals surface area contributed by atoms with Crippen LogP contribution in [0.1, 0.15) is 30.1 Å². The molecular weight excluding hydrogens is 315 g/mol. The summed E-state index contributed by atoms with van der Waals surface area (Å²) >= 11 is 0. The highest BCUT2D eigenvalue weighted by Gasteiger charge is 2.44. The van der Waals surface area contributed by atoms with Crippen LogP contribution in [-0.2, 0) is 11.3 Å². The first-order valence-corrected chi connectivity index (χ1v) is 7.35. The second-order valence-electron chi connectivity index (χ2n) is 5.53. The summed E-state index contributed by atoms with van der Waals surface area (Å²) in [5.41, 5.74) is 0.161. The summed E-state index contributed by atoms with van der Waals surface area (Å²) in [5.74, 6) is -2.42. The fraction of sp³-hybridized carbons (Fsp3) is 0.643. The minimum absolute atomic E-state index is 0.00786. The summed E-state index contributed by atoms with van der Waals surface area (Å²) in [6, 6.07) is 0. The third-order valence-electron chi connectivity index (χ3n) is 4.02. The van der Waals surface area contributed by atoms with Crippen molar-refractivity contribution < 1.29 is 27.9 Å². The van der Waals surface area contributed by atoms with Gasteiger partial charge in [0, 0.05) is 25.8 Å². The Hall–Kier alpha value is -1.90. The summed E-state index contributed by atoms with van der Waals surface area (Å²) in [6.07, 6.45) is -4.29. The van der Waals surface area contributed by atoms with Crippen LogP contribution >= 0.6 is 0 Å². The highest BCUT2D eigenvalue weighted by Crippen LogP contribution is 2.31. The molecule has 1 N–H and O–H groups in total. The maximum atomic E-state index is 12.5. The molecule has 0 bridgehead atoms. The molecule has 128 valence electrons. The zero-order valence-electron chi connectivity index (χ0n) is 12.6. The molecule has 1 aromatic rings. The number of nitrogens with zero attached hydrogens (tertiary/aromatic N) is 3. The second kappa shape index (κ2) is 6.69. The molecule has 1 aromatic heterocycles. The monoisotopic (exact) mass is 333 g/mol. The van der Waals surface area contributed by atoms with E-state index >= 15 is 0 Å². The molecule has 1 atom stereocenters. The molecule has 1 saturated heterocycles. The predicted molar refractivity (Wildman–Crippen MR) is 73.6 cm³/mol. The Labute approximate surface area is 130 Å². The summed E-state index contributed by atoms with van der Waals surface area (Å²) in [6.45, 7) is 2.43. The van der Waals surface area contributed by atoms with Crippen molar-refractivity contribution in [2.75, 3.05) is 13.1 Å². The van der Waals surface area contributed by atoms with Crippen molar-refractivity contribution in [3.63, 3.8) is 0 Å². The number of hydrogen-bond acceptors (Lipinski definition) is 4. The van der Waals surface area contributed by atoms with E-state index in [0.717, 1.165) is 0 Å². The van der Waals surface area contributed by atoms with Crippen LogP contribution in [0.5, 0.6) is 0 Å². The maximum absolute atomic E-state index is 12.5. The number of carbonyl (C=O) groups is 2. The van der Waals surface area contributed by atoms with E-state index in [0.29, 0.717) is 6.54 Å². The first kappa shape index (κ1) is 17.5. The fourth-order valence-corrected chi connectivity index (χ4v) is 2.61. The minimum Gasteiger partial charge on any atom is -0.383 e. The van der Waals surface area contributed by atoms with Gasteiger partial charge in [0.15, 0.2) is 6.10 Å². The quantitative estimate of drug-likeness (QED) is 0.665. The molecule has 0 spiro atoms. The lowest BCUT2D eigenvalue weighted by atomic mass is 9.90. The molecule has 0 radical (unpaired) electrons. The number of Topliss-reactive ketones (excluding diaryl/α,β-unsaturated/α-hetero) is 1. The van der Waals surface area contributed by atoms with Gasteiger partial charge in [0.2, 0.25) is 0 Å². The van der Waals surface area contributed by atoms with E-state index < -0.39 is 29.9 Å². The van der Waals surface area contributed by atoms with Gasteiger partial charge in [0.1, 0.15) is 0 Å². The Morgan fingerprint density at radius 1 is 1.39 bits per heavy atom. The highest BCUT2D eigenvalue weighted by atomic mass is 19.4. The molecule has 2 rings (SSSR count). The molecule has 23 heavy (non-hydrogen) atoms. The number of carbonyl (C=O) groups excluding carboxylic acids is 2. The number of alkyl halides is 3. The van der Waals surface area contributed by atoms with Gasteiger partial charge >= 0.3 is 6.18 Å². The molecule has 1 aliphatic heterocycles. The van der Waals surface area contributed by atoms with Crippen LogP contribution in [0.25, 0.3) is 0 Å². The van der Waals surface area contributed by atoms with E-state index in [-0.39, 0.29) is 31.5 Å². The highest BCUT2D eigenvalue weighted by molar-refractivity contribution is 6.42. The molecule has 1 aliphatic rings. The number of ketones is 1. The van der Waals surface area contributed by atoms with Gasteiger partial charge in [-0.25, -0.2) is 0 Å². The molecule has 1 unspecified atom stereocenters. The molecule has 2 heterocycles. The summed E-state index contributed by atoms with van der Waals surface area (Å²) < 4.78 is 38.9. The van der Waals surface area contributed by atoms with Gasteiger partial charge in [-0.1, -0.05) is 0 Å². The Balaban J connectivity index is 1.94. The SMILES string of the molecule is CCn1cc(C(=O)C(=O)N2CCC(C(O)C(F)(F)F)CC2)cn1. The zero-order valence-corrected chi connectivity index (χ0v) is 12.6. The predicted octanol–water partition coefficient (Wildman–Crippen LogP) is 1.25. The van der Waals surface area contributed by atoms with E-state index in [2.05, 4.69) is 5.10 Å². The smallest absolute Gasteiger partial charge is 0.383 e. The number of likely N-dealkylation sites (tertiary alicyclic amines) is 1. The molecule has 0 aromatic carbocycles. The first-order chi connectivity index (χ1) is 10.7. The normalized spacial score (nSPS) is 18.0. The van der Waals surface area contributed by atoms with Crippen molar-refractivity contribution >= 4 is 11.7 Å². The van der Waals surface area contributed by atoms with Gasteiger partial charge < -0.3 is 10.0 Å². The number of piperidine rings is 1. The Bertz CT molecular complexity index is 577. The lowest BCUT2D eigenvalue weighted by Gasteiger charge is -2.34. The lowest BCUT2D eigenvalue weighted by Crippen LogP contribution is -2.46. The lowest BCUT2D eigenvalue weighted by molar-refractivity contribution is -0.222.